The molecular formula is C12H17N3S2. The molecule has 0 saturated heterocycles. The van der Waals surface area contributed by atoms with Crippen LogP contribution in [0.4, 0.5) is 5.95 Å². The second-order valence-electron chi connectivity index (χ2n) is 4.01. The Morgan fingerprint density at radius 3 is 2.88 bits per heavy atom. The van der Waals surface area contributed by atoms with Crippen LogP contribution in [0.2, 0.25) is 0 Å². The van der Waals surface area contributed by atoms with Gasteiger partial charge in [-0.2, -0.15) is 0 Å². The van der Waals surface area contributed by atoms with Gasteiger partial charge in [-0.05, 0) is 19.4 Å². The summed E-state index contributed by atoms with van der Waals surface area (Å²) in [4.78, 5) is 11.4. The normalized spacial score (nSPS) is 12.9. The van der Waals surface area contributed by atoms with Gasteiger partial charge in [0.2, 0.25) is 5.95 Å². The summed E-state index contributed by atoms with van der Waals surface area (Å²) in [6, 6.07) is 2.18. The fourth-order valence-electron chi connectivity index (χ4n) is 1.49. The summed E-state index contributed by atoms with van der Waals surface area (Å²) in [5.74, 6) is 0.713. The van der Waals surface area contributed by atoms with Crippen molar-refractivity contribution in [2.45, 2.75) is 37.5 Å². The van der Waals surface area contributed by atoms with Crippen molar-refractivity contribution in [2.24, 2.45) is 0 Å². The van der Waals surface area contributed by atoms with E-state index in [1.807, 2.05) is 18.8 Å². The van der Waals surface area contributed by atoms with Gasteiger partial charge in [0.1, 0.15) is 9.86 Å². The van der Waals surface area contributed by atoms with Gasteiger partial charge >= 0.3 is 0 Å². The number of fused-ring (bicyclic) bond motifs is 1. The Hall–Kier alpha value is -0.810. The highest BCUT2D eigenvalue weighted by atomic mass is 32.2. The number of hydrogen-bond acceptors (Lipinski definition) is 5. The van der Waals surface area contributed by atoms with Gasteiger partial charge < -0.3 is 5.32 Å². The second-order valence-corrected chi connectivity index (χ2v) is 6.68. The van der Waals surface area contributed by atoms with E-state index in [2.05, 4.69) is 42.1 Å². The van der Waals surface area contributed by atoms with Crippen molar-refractivity contribution in [1.82, 2.24) is 9.97 Å². The molecule has 1 unspecified atom stereocenters. The lowest BCUT2D eigenvalue weighted by Crippen LogP contribution is -1.99. The van der Waals surface area contributed by atoms with Crippen LogP contribution in [0.15, 0.2) is 11.1 Å². The minimum Gasteiger partial charge on any atom is -0.357 e. The van der Waals surface area contributed by atoms with Crippen LogP contribution in [0.5, 0.6) is 0 Å². The molecule has 17 heavy (non-hydrogen) atoms. The summed E-state index contributed by atoms with van der Waals surface area (Å²) in [5.41, 5.74) is 0. The lowest BCUT2D eigenvalue weighted by molar-refractivity contribution is 0.902. The van der Waals surface area contributed by atoms with Crippen LogP contribution in [0, 0.1) is 6.92 Å². The Kier molecular flexibility index (Phi) is 3.89. The quantitative estimate of drug-likeness (QED) is 0.673. The molecule has 0 amide bonds. The predicted octanol–water partition coefficient (Wildman–Crippen LogP) is 3.93. The number of nitrogens with one attached hydrogen (secondary N) is 1. The Morgan fingerprint density at radius 1 is 1.47 bits per heavy atom. The lowest BCUT2D eigenvalue weighted by Gasteiger charge is -2.09. The van der Waals surface area contributed by atoms with Crippen molar-refractivity contribution in [3.05, 3.63) is 10.9 Å². The maximum atomic E-state index is 4.57. The highest BCUT2D eigenvalue weighted by molar-refractivity contribution is 8.00. The molecule has 2 aromatic rings. The molecule has 2 aromatic heterocycles. The first-order chi connectivity index (χ1) is 8.13. The summed E-state index contributed by atoms with van der Waals surface area (Å²) in [6.07, 6.45) is 1.15. The first kappa shape index (κ1) is 12.6. The van der Waals surface area contributed by atoms with E-state index in [9.17, 15) is 0 Å². The molecule has 5 heteroatoms. The molecule has 0 saturated carbocycles. The van der Waals surface area contributed by atoms with Crippen molar-refractivity contribution in [1.29, 1.82) is 0 Å². The standard InChI is InChI=1S/C12H17N3S2/c1-5-7(2)16-10-9-6-8(3)17-11(9)15-12(13-4)14-10/h6-7H,5H2,1-4H3,(H,13,14,15). The summed E-state index contributed by atoms with van der Waals surface area (Å²) >= 11 is 3.56. The Bertz CT molecular complexity index is 522. The number of hydrogen-bond donors (Lipinski definition) is 1. The SMILES string of the molecule is CCC(C)Sc1nc(NC)nc2sc(C)cc12. The summed E-state index contributed by atoms with van der Waals surface area (Å²) < 4.78 is 0. The molecule has 1 N–H and O–H groups in total. The highest BCUT2D eigenvalue weighted by Gasteiger charge is 2.12. The zero-order valence-electron chi connectivity index (χ0n) is 10.6. The molecule has 2 heterocycles. The van der Waals surface area contributed by atoms with Gasteiger partial charge in [-0.25, -0.2) is 9.97 Å². The number of thioether (sulfide) groups is 1. The van der Waals surface area contributed by atoms with Crippen LogP contribution in [0.1, 0.15) is 25.1 Å². The third-order valence-corrected chi connectivity index (χ3v) is 4.81. The number of thiophene rings is 1. The van der Waals surface area contributed by atoms with E-state index in [0.717, 1.165) is 16.3 Å². The molecule has 0 aliphatic rings. The third-order valence-electron chi connectivity index (χ3n) is 2.59. The lowest BCUT2D eigenvalue weighted by atomic mass is 10.4. The van der Waals surface area contributed by atoms with Crippen molar-refractivity contribution in [3.63, 3.8) is 0 Å². The van der Waals surface area contributed by atoms with Crippen molar-refractivity contribution in [2.75, 3.05) is 12.4 Å². The Morgan fingerprint density at radius 2 is 2.24 bits per heavy atom. The maximum absolute atomic E-state index is 4.57. The molecule has 0 aliphatic heterocycles. The van der Waals surface area contributed by atoms with Crippen LogP contribution < -0.4 is 5.32 Å². The number of nitrogens with zero attached hydrogens (tertiary/aromatic N) is 2. The summed E-state index contributed by atoms with van der Waals surface area (Å²) in [6.45, 7) is 6.55. The smallest absolute Gasteiger partial charge is 0.224 e. The number of rotatable bonds is 4. The van der Waals surface area contributed by atoms with Gasteiger partial charge in [-0.3, -0.25) is 0 Å². The first-order valence-corrected chi connectivity index (χ1v) is 7.46. The van der Waals surface area contributed by atoms with E-state index < -0.39 is 0 Å². The van der Waals surface area contributed by atoms with E-state index >= 15 is 0 Å². The fourth-order valence-corrected chi connectivity index (χ4v) is 3.40. The maximum Gasteiger partial charge on any atom is 0.224 e. The molecule has 2 rings (SSSR count). The molecule has 0 bridgehead atoms. The van der Waals surface area contributed by atoms with Gasteiger partial charge in [-0.15, -0.1) is 23.1 Å². The largest absolute Gasteiger partial charge is 0.357 e. The van der Waals surface area contributed by atoms with E-state index in [0.29, 0.717) is 11.2 Å². The molecule has 92 valence electrons. The van der Waals surface area contributed by atoms with Crippen LogP contribution >= 0.6 is 23.1 Å². The van der Waals surface area contributed by atoms with Crippen molar-refractivity contribution < 1.29 is 0 Å². The second kappa shape index (κ2) is 5.23. The zero-order chi connectivity index (χ0) is 12.4. The molecule has 0 aliphatic carbocycles. The van der Waals surface area contributed by atoms with Crippen molar-refractivity contribution >= 4 is 39.3 Å². The van der Waals surface area contributed by atoms with Gasteiger partial charge in [0.25, 0.3) is 0 Å². The van der Waals surface area contributed by atoms with Gasteiger partial charge in [0.05, 0.1) is 0 Å². The molecule has 1 atom stereocenters. The number of aryl methyl sites for hydroxylation is 1. The Balaban J connectivity index is 2.50. The van der Waals surface area contributed by atoms with Crippen molar-refractivity contribution in [3.8, 4) is 0 Å². The third kappa shape index (κ3) is 2.72. The molecule has 0 radical (unpaired) electrons. The average molecular weight is 267 g/mol. The van der Waals surface area contributed by atoms with Gasteiger partial charge in [0, 0.05) is 22.6 Å². The average Bonchev–Trinajstić information content (AvgIpc) is 2.69. The van der Waals surface area contributed by atoms with Crippen LogP contribution in [-0.4, -0.2) is 22.3 Å². The summed E-state index contributed by atoms with van der Waals surface area (Å²) in [7, 11) is 1.86. The van der Waals surface area contributed by atoms with E-state index in [4.69, 9.17) is 0 Å². The van der Waals surface area contributed by atoms with Gasteiger partial charge in [-0.1, -0.05) is 13.8 Å². The zero-order valence-corrected chi connectivity index (χ0v) is 12.2. The van der Waals surface area contributed by atoms with Crippen LogP contribution in [0.25, 0.3) is 10.2 Å². The van der Waals surface area contributed by atoms with E-state index in [1.165, 1.54) is 10.3 Å². The minimum absolute atomic E-state index is 0.581. The van der Waals surface area contributed by atoms with E-state index in [-0.39, 0.29) is 0 Å². The molecule has 0 fully saturated rings. The highest BCUT2D eigenvalue weighted by Crippen LogP contribution is 2.34. The number of anilines is 1. The molecular weight excluding hydrogens is 250 g/mol. The molecule has 0 aromatic carbocycles. The van der Waals surface area contributed by atoms with Crippen LogP contribution in [0.3, 0.4) is 0 Å². The summed E-state index contributed by atoms with van der Waals surface area (Å²) in [5, 5.41) is 5.90. The van der Waals surface area contributed by atoms with Crippen LogP contribution in [-0.2, 0) is 0 Å². The number of aromatic nitrogens is 2. The molecule has 0 spiro atoms. The Labute approximate surface area is 110 Å². The monoisotopic (exact) mass is 267 g/mol. The molecule has 3 nitrogen and oxygen atoms in total. The predicted molar refractivity (Wildman–Crippen MR) is 77.3 cm³/mol. The fraction of sp³-hybridized carbons (Fsp3) is 0.500. The minimum atomic E-state index is 0.581. The van der Waals surface area contributed by atoms with Gasteiger partial charge in [0.15, 0.2) is 0 Å². The van der Waals surface area contributed by atoms with E-state index in [1.54, 1.807) is 11.3 Å². The first-order valence-electron chi connectivity index (χ1n) is 5.76. The topological polar surface area (TPSA) is 37.8 Å².